The second-order valence-corrected chi connectivity index (χ2v) is 5.35. The van der Waals surface area contributed by atoms with E-state index < -0.39 is 0 Å². The lowest BCUT2D eigenvalue weighted by molar-refractivity contribution is 0.113. The molecule has 2 rings (SSSR count). The molecule has 0 aliphatic carbocycles. The number of para-hydroxylation sites is 1. The van der Waals surface area contributed by atoms with Crippen molar-refractivity contribution in [1.82, 2.24) is 4.98 Å². The van der Waals surface area contributed by atoms with Crippen LogP contribution in [0.25, 0.3) is 10.2 Å². The number of rotatable bonds is 4. The summed E-state index contributed by atoms with van der Waals surface area (Å²) in [7, 11) is 0. The lowest BCUT2D eigenvalue weighted by atomic mass is 9.99. The SMILES string of the molecule is CCC(O)C(C)Cc1nc2ccccc2s1. The maximum Gasteiger partial charge on any atom is 0.0942 e. The summed E-state index contributed by atoms with van der Waals surface area (Å²) in [6, 6.07) is 8.18. The van der Waals surface area contributed by atoms with Gasteiger partial charge in [-0.15, -0.1) is 11.3 Å². The van der Waals surface area contributed by atoms with E-state index in [1.54, 1.807) is 11.3 Å². The Balaban J connectivity index is 2.15. The summed E-state index contributed by atoms with van der Waals surface area (Å²) < 4.78 is 1.23. The smallest absolute Gasteiger partial charge is 0.0942 e. The largest absolute Gasteiger partial charge is 0.393 e. The zero-order valence-corrected chi connectivity index (χ0v) is 10.5. The van der Waals surface area contributed by atoms with E-state index in [1.807, 2.05) is 25.1 Å². The minimum atomic E-state index is -0.216. The van der Waals surface area contributed by atoms with Gasteiger partial charge in [0.25, 0.3) is 0 Å². The van der Waals surface area contributed by atoms with Gasteiger partial charge in [0.1, 0.15) is 0 Å². The van der Waals surface area contributed by atoms with Crippen LogP contribution in [0.15, 0.2) is 24.3 Å². The maximum absolute atomic E-state index is 9.74. The van der Waals surface area contributed by atoms with Crippen molar-refractivity contribution in [3.05, 3.63) is 29.3 Å². The van der Waals surface area contributed by atoms with Crippen molar-refractivity contribution in [3.8, 4) is 0 Å². The molecule has 86 valence electrons. The van der Waals surface area contributed by atoms with Gasteiger partial charge in [0, 0.05) is 6.42 Å². The van der Waals surface area contributed by atoms with Crippen LogP contribution in [0.1, 0.15) is 25.3 Å². The van der Waals surface area contributed by atoms with Crippen molar-refractivity contribution in [1.29, 1.82) is 0 Å². The predicted molar refractivity (Wildman–Crippen MR) is 68.8 cm³/mol. The number of fused-ring (bicyclic) bond motifs is 1. The highest BCUT2D eigenvalue weighted by Crippen LogP contribution is 2.24. The van der Waals surface area contributed by atoms with E-state index >= 15 is 0 Å². The number of nitrogens with zero attached hydrogens (tertiary/aromatic N) is 1. The molecule has 3 heteroatoms. The lowest BCUT2D eigenvalue weighted by Gasteiger charge is -2.15. The summed E-state index contributed by atoms with van der Waals surface area (Å²) in [4.78, 5) is 4.58. The van der Waals surface area contributed by atoms with E-state index in [2.05, 4.69) is 18.0 Å². The van der Waals surface area contributed by atoms with Gasteiger partial charge in [-0.05, 0) is 24.5 Å². The molecule has 2 unspecified atom stereocenters. The highest BCUT2D eigenvalue weighted by Gasteiger charge is 2.14. The van der Waals surface area contributed by atoms with Crippen LogP contribution in [0.5, 0.6) is 0 Å². The summed E-state index contributed by atoms with van der Waals surface area (Å²) in [5, 5.41) is 10.9. The molecule has 1 aromatic carbocycles. The van der Waals surface area contributed by atoms with Crippen LogP contribution >= 0.6 is 11.3 Å². The average Bonchev–Trinajstić information content (AvgIpc) is 2.69. The Morgan fingerprint density at radius 1 is 1.38 bits per heavy atom. The molecule has 0 saturated carbocycles. The van der Waals surface area contributed by atoms with Crippen LogP contribution in [0.4, 0.5) is 0 Å². The van der Waals surface area contributed by atoms with E-state index in [9.17, 15) is 5.11 Å². The predicted octanol–water partition coefficient (Wildman–Crippen LogP) is 3.25. The Morgan fingerprint density at radius 3 is 2.81 bits per heavy atom. The third kappa shape index (κ3) is 2.42. The van der Waals surface area contributed by atoms with Crippen molar-refractivity contribution in [2.24, 2.45) is 5.92 Å². The fraction of sp³-hybridized carbons (Fsp3) is 0.462. The van der Waals surface area contributed by atoms with Crippen molar-refractivity contribution >= 4 is 21.6 Å². The molecule has 2 aromatic rings. The number of hydrogen-bond donors (Lipinski definition) is 1. The normalized spacial score (nSPS) is 15.2. The molecule has 1 heterocycles. The van der Waals surface area contributed by atoms with Gasteiger partial charge in [-0.2, -0.15) is 0 Å². The molecule has 0 aliphatic rings. The molecule has 0 fully saturated rings. The first-order valence-electron chi connectivity index (χ1n) is 5.73. The van der Waals surface area contributed by atoms with Crippen molar-refractivity contribution < 1.29 is 5.11 Å². The first-order valence-corrected chi connectivity index (χ1v) is 6.55. The van der Waals surface area contributed by atoms with Gasteiger partial charge in [-0.3, -0.25) is 0 Å². The Bertz CT molecular complexity index is 433. The van der Waals surface area contributed by atoms with Crippen LogP contribution < -0.4 is 0 Å². The molecule has 0 bridgehead atoms. The van der Waals surface area contributed by atoms with Gasteiger partial charge in [-0.1, -0.05) is 26.0 Å². The molecule has 0 spiro atoms. The van der Waals surface area contributed by atoms with Gasteiger partial charge in [0.05, 0.1) is 21.3 Å². The number of aliphatic hydroxyl groups is 1. The highest BCUT2D eigenvalue weighted by molar-refractivity contribution is 7.18. The first-order chi connectivity index (χ1) is 7.70. The van der Waals surface area contributed by atoms with Crippen LogP contribution in [-0.2, 0) is 6.42 Å². The summed E-state index contributed by atoms with van der Waals surface area (Å²) in [6.07, 6.45) is 1.47. The standard InChI is InChI=1S/C13H17NOS/c1-3-11(15)9(2)8-13-14-10-6-4-5-7-12(10)16-13/h4-7,9,11,15H,3,8H2,1-2H3. The van der Waals surface area contributed by atoms with Crippen molar-refractivity contribution in [3.63, 3.8) is 0 Å². The lowest BCUT2D eigenvalue weighted by Crippen LogP contribution is -2.18. The molecular formula is C13H17NOS. The Kier molecular flexibility index (Phi) is 3.56. The van der Waals surface area contributed by atoms with Crippen LogP contribution in [0.3, 0.4) is 0 Å². The van der Waals surface area contributed by atoms with E-state index in [-0.39, 0.29) is 12.0 Å². The van der Waals surface area contributed by atoms with Gasteiger partial charge in [-0.25, -0.2) is 4.98 Å². The third-order valence-electron chi connectivity index (χ3n) is 2.91. The summed E-state index contributed by atoms with van der Waals surface area (Å²) >= 11 is 1.73. The number of benzene rings is 1. The topological polar surface area (TPSA) is 33.1 Å². The molecule has 0 amide bonds. The van der Waals surface area contributed by atoms with Crippen LogP contribution in [0.2, 0.25) is 0 Å². The maximum atomic E-state index is 9.74. The number of aliphatic hydroxyl groups excluding tert-OH is 1. The molecule has 0 aliphatic heterocycles. The van der Waals surface area contributed by atoms with Gasteiger partial charge in [0.15, 0.2) is 0 Å². The second-order valence-electron chi connectivity index (χ2n) is 4.23. The summed E-state index contributed by atoms with van der Waals surface area (Å²) in [6.45, 7) is 4.10. The molecule has 1 aromatic heterocycles. The quantitative estimate of drug-likeness (QED) is 0.882. The number of aromatic nitrogens is 1. The van der Waals surface area contributed by atoms with Gasteiger partial charge < -0.3 is 5.11 Å². The molecule has 0 saturated heterocycles. The first kappa shape index (κ1) is 11.6. The molecule has 16 heavy (non-hydrogen) atoms. The van der Waals surface area contributed by atoms with Gasteiger partial charge in [0.2, 0.25) is 0 Å². The van der Waals surface area contributed by atoms with Crippen molar-refractivity contribution in [2.45, 2.75) is 32.8 Å². The molecule has 2 nitrogen and oxygen atoms in total. The minimum absolute atomic E-state index is 0.216. The Morgan fingerprint density at radius 2 is 2.12 bits per heavy atom. The zero-order chi connectivity index (χ0) is 11.5. The molecule has 2 atom stereocenters. The monoisotopic (exact) mass is 235 g/mol. The molecule has 1 N–H and O–H groups in total. The van der Waals surface area contributed by atoms with E-state index in [0.29, 0.717) is 0 Å². The van der Waals surface area contributed by atoms with E-state index in [4.69, 9.17) is 0 Å². The molecular weight excluding hydrogens is 218 g/mol. The summed E-state index contributed by atoms with van der Waals surface area (Å²) in [5.74, 6) is 0.283. The van der Waals surface area contributed by atoms with E-state index in [1.165, 1.54) is 4.70 Å². The van der Waals surface area contributed by atoms with Crippen LogP contribution in [-0.4, -0.2) is 16.2 Å². The van der Waals surface area contributed by atoms with E-state index in [0.717, 1.165) is 23.4 Å². The Hall–Kier alpha value is -0.930. The average molecular weight is 235 g/mol. The minimum Gasteiger partial charge on any atom is -0.393 e. The second kappa shape index (κ2) is 4.93. The van der Waals surface area contributed by atoms with Gasteiger partial charge >= 0.3 is 0 Å². The van der Waals surface area contributed by atoms with Crippen molar-refractivity contribution in [2.75, 3.05) is 0 Å². The summed E-state index contributed by atoms with van der Waals surface area (Å²) in [5.41, 5.74) is 1.07. The fourth-order valence-electron chi connectivity index (χ4n) is 1.82. The molecule has 0 radical (unpaired) electrons. The fourth-order valence-corrected chi connectivity index (χ4v) is 2.93. The number of thiazole rings is 1. The third-order valence-corrected chi connectivity index (χ3v) is 3.97. The Labute approximate surface area is 100.0 Å². The number of hydrogen-bond acceptors (Lipinski definition) is 3. The zero-order valence-electron chi connectivity index (χ0n) is 9.68. The highest BCUT2D eigenvalue weighted by atomic mass is 32.1. The van der Waals surface area contributed by atoms with Crippen LogP contribution in [0, 0.1) is 5.92 Å².